The normalized spacial score (nSPS) is 12.2. The van der Waals surface area contributed by atoms with Crippen molar-refractivity contribution in [3.05, 3.63) is 42.2 Å². The van der Waals surface area contributed by atoms with Crippen LogP contribution in [0.2, 0.25) is 0 Å². The van der Waals surface area contributed by atoms with Crippen molar-refractivity contribution in [3.8, 4) is 11.3 Å². The second-order valence-electron chi connectivity index (χ2n) is 8.45. The molecule has 0 radical (unpaired) electrons. The van der Waals surface area contributed by atoms with Crippen LogP contribution in [0.3, 0.4) is 0 Å². The lowest BCUT2D eigenvalue weighted by Crippen LogP contribution is -2.43. The van der Waals surface area contributed by atoms with E-state index < -0.39 is 0 Å². The third-order valence-corrected chi connectivity index (χ3v) is 6.52. The number of H-pyrrole nitrogens is 1. The molecule has 0 saturated heterocycles. The highest BCUT2D eigenvalue weighted by Gasteiger charge is 2.25. The number of rotatable bonds is 9. The molecule has 0 aliphatic carbocycles. The van der Waals surface area contributed by atoms with Gasteiger partial charge < -0.3 is 5.32 Å². The average molecular weight is 439 g/mol. The number of nitrogens with zero attached hydrogens (tertiary/aromatic N) is 6. The summed E-state index contributed by atoms with van der Waals surface area (Å²) in [6.45, 7) is 13.0. The number of aromatic amines is 1. The van der Waals surface area contributed by atoms with Gasteiger partial charge in [-0.05, 0) is 57.8 Å². The minimum Gasteiger partial charge on any atom is -0.328 e. The van der Waals surface area contributed by atoms with Crippen LogP contribution in [0.5, 0.6) is 0 Å². The van der Waals surface area contributed by atoms with Gasteiger partial charge in [-0.15, -0.1) is 0 Å². The van der Waals surface area contributed by atoms with Gasteiger partial charge in [0.05, 0.1) is 29.5 Å². The van der Waals surface area contributed by atoms with Crippen molar-refractivity contribution < 1.29 is 0 Å². The SMILES string of the molecule is CCCN(Cc1cc(Nc2nc(C)cn3c(-c4cn[nH]c4)cnc23)sn1)C(C)(C)CC. The maximum Gasteiger partial charge on any atom is 0.180 e. The third-order valence-electron chi connectivity index (χ3n) is 5.77. The molecule has 4 rings (SSSR count). The van der Waals surface area contributed by atoms with Gasteiger partial charge in [0.25, 0.3) is 0 Å². The maximum atomic E-state index is 4.70. The standard InChI is InChI=1S/C22H30N8S/c1-6-8-29(22(4,5)7-2)14-17-9-19(31-28-17)27-20-21-23-12-18(16-10-24-25-11-16)30(21)13-15(3)26-20/h9-13H,6-8,14H2,1-5H3,(H,24,25)(H,26,27). The zero-order valence-electron chi connectivity index (χ0n) is 18.8. The Labute approximate surface area is 186 Å². The van der Waals surface area contributed by atoms with Gasteiger partial charge in [0, 0.05) is 30.0 Å². The van der Waals surface area contributed by atoms with Gasteiger partial charge in [-0.2, -0.15) is 9.47 Å². The molecule has 31 heavy (non-hydrogen) atoms. The Morgan fingerprint density at radius 1 is 1.26 bits per heavy atom. The first-order chi connectivity index (χ1) is 14.9. The number of anilines is 2. The van der Waals surface area contributed by atoms with Crippen LogP contribution < -0.4 is 5.32 Å². The van der Waals surface area contributed by atoms with Crippen LogP contribution in [0.1, 0.15) is 51.9 Å². The van der Waals surface area contributed by atoms with Crippen molar-refractivity contribution in [2.45, 2.75) is 59.5 Å². The van der Waals surface area contributed by atoms with E-state index in [1.165, 1.54) is 11.5 Å². The van der Waals surface area contributed by atoms with E-state index in [0.29, 0.717) is 0 Å². The van der Waals surface area contributed by atoms with Gasteiger partial charge in [-0.25, -0.2) is 9.97 Å². The summed E-state index contributed by atoms with van der Waals surface area (Å²) in [4.78, 5) is 11.8. The monoisotopic (exact) mass is 438 g/mol. The first-order valence-electron chi connectivity index (χ1n) is 10.7. The molecule has 0 unspecified atom stereocenters. The topological polar surface area (TPSA) is 87.0 Å². The lowest BCUT2D eigenvalue weighted by molar-refractivity contribution is 0.106. The van der Waals surface area contributed by atoms with E-state index in [1.807, 2.05) is 29.9 Å². The number of imidazole rings is 1. The lowest BCUT2D eigenvalue weighted by Gasteiger charge is -2.37. The van der Waals surface area contributed by atoms with Gasteiger partial charge in [0.1, 0.15) is 5.00 Å². The molecular formula is C22H30N8S. The molecule has 4 aromatic heterocycles. The molecule has 0 aliphatic rings. The predicted molar refractivity (Wildman–Crippen MR) is 126 cm³/mol. The van der Waals surface area contributed by atoms with E-state index >= 15 is 0 Å². The van der Waals surface area contributed by atoms with E-state index in [9.17, 15) is 0 Å². The number of nitrogens with one attached hydrogen (secondary N) is 2. The fourth-order valence-corrected chi connectivity index (χ4v) is 4.30. The second kappa shape index (κ2) is 8.76. The molecule has 9 heteroatoms. The molecular weight excluding hydrogens is 408 g/mol. The number of fused-ring (bicyclic) bond motifs is 1. The van der Waals surface area contributed by atoms with Gasteiger partial charge in [0.2, 0.25) is 0 Å². The summed E-state index contributed by atoms with van der Waals surface area (Å²) < 4.78 is 6.75. The van der Waals surface area contributed by atoms with Crippen LogP contribution in [0.4, 0.5) is 10.8 Å². The van der Waals surface area contributed by atoms with E-state index in [-0.39, 0.29) is 5.54 Å². The molecule has 4 aromatic rings. The molecule has 0 amide bonds. The van der Waals surface area contributed by atoms with Crippen molar-refractivity contribution in [1.29, 1.82) is 0 Å². The molecule has 0 saturated carbocycles. The molecule has 0 aromatic carbocycles. The van der Waals surface area contributed by atoms with Crippen molar-refractivity contribution >= 4 is 28.0 Å². The number of hydrogen-bond donors (Lipinski definition) is 2. The predicted octanol–water partition coefficient (Wildman–Crippen LogP) is 5.03. The minimum absolute atomic E-state index is 0.150. The first-order valence-corrected chi connectivity index (χ1v) is 11.5. The lowest BCUT2D eigenvalue weighted by atomic mass is 9.98. The average Bonchev–Trinajstić information content (AvgIpc) is 3.48. The second-order valence-corrected chi connectivity index (χ2v) is 9.25. The van der Waals surface area contributed by atoms with E-state index in [1.54, 1.807) is 6.20 Å². The summed E-state index contributed by atoms with van der Waals surface area (Å²) in [5.41, 5.74) is 4.86. The van der Waals surface area contributed by atoms with Crippen molar-refractivity contribution in [3.63, 3.8) is 0 Å². The van der Waals surface area contributed by atoms with Crippen LogP contribution in [0, 0.1) is 6.92 Å². The van der Waals surface area contributed by atoms with Crippen LogP contribution in [0.25, 0.3) is 16.9 Å². The van der Waals surface area contributed by atoms with Crippen LogP contribution >= 0.6 is 11.5 Å². The van der Waals surface area contributed by atoms with Crippen molar-refractivity contribution in [1.82, 2.24) is 33.8 Å². The van der Waals surface area contributed by atoms with Gasteiger partial charge in [-0.1, -0.05) is 13.8 Å². The van der Waals surface area contributed by atoms with Gasteiger partial charge in [0.15, 0.2) is 11.5 Å². The molecule has 0 bridgehead atoms. The number of aromatic nitrogens is 6. The highest BCUT2D eigenvalue weighted by atomic mass is 32.1. The molecule has 0 fully saturated rings. The summed E-state index contributed by atoms with van der Waals surface area (Å²) in [5.74, 6) is 0.726. The Morgan fingerprint density at radius 3 is 2.81 bits per heavy atom. The molecule has 4 heterocycles. The maximum absolute atomic E-state index is 4.70. The first kappa shape index (κ1) is 21.5. The highest BCUT2D eigenvalue weighted by Crippen LogP contribution is 2.28. The summed E-state index contributed by atoms with van der Waals surface area (Å²) >= 11 is 1.46. The Kier molecular flexibility index (Phi) is 6.06. The molecule has 8 nitrogen and oxygen atoms in total. The van der Waals surface area contributed by atoms with Crippen molar-refractivity contribution in [2.75, 3.05) is 11.9 Å². The van der Waals surface area contributed by atoms with Crippen molar-refractivity contribution in [2.24, 2.45) is 0 Å². The van der Waals surface area contributed by atoms with E-state index in [0.717, 1.165) is 65.0 Å². The van der Waals surface area contributed by atoms with E-state index in [4.69, 9.17) is 9.36 Å². The third kappa shape index (κ3) is 4.47. The van der Waals surface area contributed by atoms with Crippen LogP contribution in [-0.4, -0.2) is 45.9 Å². The molecule has 0 aliphatic heterocycles. The van der Waals surface area contributed by atoms with Gasteiger partial charge in [-0.3, -0.25) is 14.4 Å². The van der Waals surface area contributed by atoms with Crippen LogP contribution in [-0.2, 0) is 6.54 Å². The zero-order valence-corrected chi connectivity index (χ0v) is 19.6. The Morgan fingerprint density at radius 2 is 2.10 bits per heavy atom. The Balaban J connectivity index is 1.59. The molecule has 2 N–H and O–H groups in total. The van der Waals surface area contributed by atoms with Gasteiger partial charge >= 0.3 is 0 Å². The fraction of sp³-hybridized carbons (Fsp3) is 0.455. The summed E-state index contributed by atoms with van der Waals surface area (Å²) in [6, 6.07) is 2.12. The molecule has 0 atom stereocenters. The number of aryl methyl sites for hydroxylation is 1. The van der Waals surface area contributed by atoms with E-state index in [2.05, 4.69) is 59.2 Å². The quantitative estimate of drug-likeness (QED) is 0.381. The highest BCUT2D eigenvalue weighted by molar-refractivity contribution is 7.10. The summed E-state index contributed by atoms with van der Waals surface area (Å²) in [7, 11) is 0. The Hall–Kier alpha value is -2.78. The largest absolute Gasteiger partial charge is 0.328 e. The summed E-state index contributed by atoms with van der Waals surface area (Å²) in [5, 5.41) is 11.3. The zero-order chi connectivity index (χ0) is 22.0. The molecule has 164 valence electrons. The minimum atomic E-state index is 0.150. The number of hydrogen-bond acceptors (Lipinski definition) is 7. The molecule has 0 spiro atoms. The summed E-state index contributed by atoms with van der Waals surface area (Å²) in [6.07, 6.45) is 9.72. The Bertz CT molecular complexity index is 1140. The fourth-order valence-electron chi connectivity index (χ4n) is 3.64. The smallest absolute Gasteiger partial charge is 0.180 e. The van der Waals surface area contributed by atoms with Crippen LogP contribution in [0.15, 0.2) is 30.9 Å².